The molecule has 0 unspecified atom stereocenters. The van der Waals surface area contributed by atoms with Crippen molar-refractivity contribution in [3.63, 3.8) is 0 Å². The molecule has 0 radical (unpaired) electrons. The Balaban J connectivity index is 0.977. The highest BCUT2D eigenvalue weighted by Gasteiger charge is 2.64. The second kappa shape index (κ2) is 24.1. The monoisotopic (exact) mass is 1120 g/mol. The zero-order valence-corrected chi connectivity index (χ0v) is 44.5. The number of hydrogen-bond donors (Lipinski definition) is 0. The first-order chi connectivity index (χ1) is 39.1. The van der Waals surface area contributed by atoms with Crippen molar-refractivity contribution in [2.45, 2.75) is 138 Å². The first-order valence-electron chi connectivity index (χ1n) is 26.6. The zero-order valence-electron chi connectivity index (χ0n) is 44.5. The molecule has 0 aliphatic carbocycles. The van der Waals surface area contributed by atoms with E-state index in [9.17, 15) is 24.0 Å². The molecule has 6 heterocycles. The van der Waals surface area contributed by atoms with Crippen LogP contribution in [-0.4, -0.2) is 154 Å². The van der Waals surface area contributed by atoms with Crippen molar-refractivity contribution in [2.75, 3.05) is 19.8 Å². The van der Waals surface area contributed by atoms with Crippen LogP contribution in [0.2, 0.25) is 0 Å². The molecule has 6 saturated heterocycles. The van der Waals surface area contributed by atoms with E-state index in [1.165, 1.54) is 36.4 Å². The SMILES string of the molecule is CC1(C)O[C@H]2O[C@H]([C@@H]3COC(C)(C)O3)[C@H](O[C@H]3O[C@H](COCc4ccccc4)[C@@H](O[C@@H]4O[C@H](COC(=O)c5ccccc5)[C@H](OC(=O)c5ccccc5)[C@H](OC(=O)c5ccccc5)[C@H]4OC(=O)c4ccccc4)[C@@H]4OC(=O)O[C@@H]34)[C@H]2O1. The standard InChI is InChI=1S/C60H60O21/c1-59(2)68-33-41(79-59)44-47(50-57(75-44)81-60(3,4)80-50)76-56-49-46(77-58(65)78-49)43(39(69-56)31-66-30-34-20-10-5-11-21-34)74-55-48(73-54(64)38-28-18-9-19-29-38)45(72-53(63)37-26-16-8-17-27-37)42(71-52(62)36-24-14-7-15-25-36)40(70-55)32-67-51(61)35-22-12-6-13-23-35/h5-29,39-50,55-57H,30-33H2,1-4H3/t39-,40-,41+,42+,43-,44-,45+,46+,47+,48-,49-,50-,55+,56-,57-/m1/s1. The van der Waals surface area contributed by atoms with Crippen LogP contribution >= 0.6 is 0 Å². The lowest BCUT2D eigenvalue weighted by Gasteiger charge is -2.47. The van der Waals surface area contributed by atoms with Crippen molar-refractivity contribution in [1.29, 1.82) is 0 Å². The lowest BCUT2D eigenvalue weighted by atomic mass is 9.96. The van der Waals surface area contributed by atoms with E-state index in [2.05, 4.69) is 0 Å². The Kier molecular flexibility index (Phi) is 16.6. The average Bonchev–Trinajstić information content (AvgIpc) is 4.04. The molecule has 6 aliphatic heterocycles. The van der Waals surface area contributed by atoms with Gasteiger partial charge in [-0.1, -0.05) is 103 Å². The summed E-state index contributed by atoms with van der Waals surface area (Å²) in [6, 6.07) is 41.2. The van der Waals surface area contributed by atoms with Gasteiger partial charge < -0.3 is 75.8 Å². The third-order valence-corrected chi connectivity index (χ3v) is 14.2. The molecule has 21 nitrogen and oxygen atoms in total. The van der Waals surface area contributed by atoms with Gasteiger partial charge in [0.1, 0.15) is 49.3 Å². The normalized spacial score (nSPS) is 31.6. The quantitative estimate of drug-likeness (QED) is 0.0642. The van der Waals surface area contributed by atoms with Crippen molar-refractivity contribution in [3.8, 4) is 0 Å². The summed E-state index contributed by atoms with van der Waals surface area (Å²) in [6.45, 7) is 6.33. The molecular weight excluding hydrogens is 1060 g/mol. The molecule has 0 aromatic heterocycles. The predicted octanol–water partition coefficient (Wildman–Crippen LogP) is 6.89. The summed E-state index contributed by atoms with van der Waals surface area (Å²) in [7, 11) is 0. The number of carbonyl (C=O) groups is 5. The van der Waals surface area contributed by atoms with E-state index < -0.39 is 140 Å². The minimum Gasteiger partial charge on any atom is -0.459 e. The summed E-state index contributed by atoms with van der Waals surface area (Å²) in [6.07, 6.45) is -21.0. The minimum absolute atomic E-state index is 0.0714. The van der Waals surface area contributed by atoms with Crippen LogP contribution in [0.15, 0.2) is 152 Å². The average molecular weight is 1120 g/mol. The zero-order chi connectivity index (χ0) is 56.3. The van der Waals surface area contributed by atoms with E-state index in [1.54, 1.807) is 113 Å². The van der Waals surface area contributed by atoms with E-state index in [0.29, 0.717) is 0 Å². The fourth-order valence-corrected chi connectivity index (χ4v) is 10.4. The van der Waals surface area contributed by atoms with Gasteiger partial charge in [-0.25, -0.2) is 24.0 Å². The number of esters is 4. The van der Waals surface area contributed by atoms with Gasteiger partial charge in [-0.05, 0) is 81.8 Å². The van der Waals surface area contributed by atoms with Gasteiger partial charge in [-0.2, -0.15) is 0 Å². The fourth-order valence-electron chi connectivity index (χ4n) is 10.4. The molecule has 11 rings (SSSR count). The maximum absolute atomic E-state index is 14.5. The molecule has 6 aliphatic rings. The van der Waals surface area contributed by atoms with Crippen LogP contribution in [0.3, 0.4) is 0 Å². The summed E-state index contributed by atoms with van der Waals surface area (Å²) >= 11 is 0. The van der Waals surface area contributed by atoms with E-state index in [-0.39, 0.29) is 42.1 Å². The lowest BCUT2D eigenvalue weighted by Crippen LogP contribution is -2.66. The first-order valence-corrected chi connectivity index (χ1v) is 26.6. The van der Waals surface area contributed by atoms with Crippen molar-refractivity contribution in [1.82, 2.24) is 0 Å². The third-order valence-electron chi connectivity index (χ3n) is 14.2. The topological polar surface area (TPSA) is 233 Å². The number of hydrogen-bond acceptors (Lipinski definition) is 21. The van der Waals surface area contributed by atoms with Crippen molar-refractivity contribution in [3.05, 3.63) is 179 Å². The van der Waals surface area contributed by atoms with E-state index in [4.69, 9.17) is 75.8 Å². The lowest BCUT2D eigenvalue weighted by molar-refractivity contribution is -0.355. The Morgan fingerprint density at radius 1 is 0.469 bits per heavy atom. The number of carbonyl (C=O) groups excluding carboxylic acids is 5. The van der Waals surface area contributed by atoms with Crippen LogP contribution in [0.1, 0.15) is 74.7 Å². The molecular formula is C60H60O21. The number of benzene rings is 5. The van der Waals surface area contributed by atoms with E-state index >= 15 is 0 Å². The summed E-state index contributed by atoms with van der Waals surface area (Å²) in [5, 5.41) is 0. The molecule has 0 spiro atoms. The molecule has 0 amide bonds. The van der Waals surface area contributed by atoms with Crippen LogP contribution in [0.25, 0.3) is 0 Å². The van der Waals surface area contributed by atoms with Gasteiger partial charge in [-0.3, -0.25) is 0 Å². The Hall–Kier alpha value is -7.15. The van der Waals surface area contributed by atoms with Gasteiger partial charge in [-0.15, -0.1) is 0 Å². The largest absolute Gasteiger partial charge is 0.509 e. The van der Waals surface area contributed by atoms with Crippen LogP contribution in [-0.2, 0) is 82.4 Å². The first kappa shape index (κ1) is 55.7. The predicted molar refractivity (Wildman–Crippen MR) is 276 cm³/mol. The van der Waals surface area contributed by atoms with Crippen molar-refractivity contribution in [2.24, 2.45) is 0 Å². The second-order valence-electron chi connectivity index (χ2n) is 20.8. The molecule has 426 valence electrons. The Morgan fingerprint density at radius 2 is 0.963 bits per heavy atom. The highest BCUT2D eigenvalue weighted by atomic mass is 16.9. The van der Waals surface area contributed by atoms with E-state index in [1.807, 2.05) is 30.3 Å². The Labute approximate surface area is 465 Å². The van der Waals surface area contributed by atoms with Crippen LogP contribution in [0.4, 0.5) is 4.79 Å². The summed E-state index contributed by atoms with van der Waals surface area (Å²) in [5.74, 6) is -5.57. The highest BCUT2D eigenvalue weighted by Crippen LogP contribution is 2.45. The smallest absolute Gasteiger partial charge is 0.459 e. The Bertz CT molecular complexity index is 2970. The van der Waals surface area contributed by atoms with Crippen LogP contribution in [0.5, 0.6) is 0 Å². The molecule has 21 heteroatoms. The molecule has 5 aromatic rings. The van der Waals surface area contributed by atoms with Crippen LogP contribution < -0.4 is 0 Å². The maximum Gasteiger partial charge on any atom is 0.509 e. The maximum atomic E-state index is 14.5. The molecule has 0 bridgehead atoms. The number of ether oxygens (including phenoxy) is 16. The molecule has 0 saturated carbocycles. The number of rotatable bonds is 18. The van der Waals surface area contributed by atoms with Gasteiger partial charge in [0.25, 0.3) is 0 Å². The minimum atomic E-state index is -1.86. The molecule has 15 atom stereocenters. The summed E-state index contributed by atoms with van der Waals surface area (Å²) < 4.78 is 101. The molecule has 0 N–H and O–H groups in total. The van der Waals surface area contributed by atoms with Gasteiger partial charge >= 0.3 is 30.0 Å². The highest BCUT2D eigenvalue weighted by molar-refractivity contribution is 5.91. The molecule has 81 heavy (non-hydrogen) atoms. The van der Waals surface area contributed by atoms with E-state index in [0.717, 1.165) is 5.56 Å². The van der Waals surface area contributed by atoms with Gasteiger partial charge in [0, 0.05) is 0 Å². The Morgan fingerprint density at radius 3 is 1.53 bits per heavy atom. The van der Waals surface area contributed by atoms with Crippen LogP contribution in [0, 0.1) is 0 Å². The fraction of sp³-hybridized carbons (Fsp3) is 0.417. The summed E-state index contributed by atoms with van der Waals surface area (Å²) in [4.78, 5) is 70.4. The van der Waals surface area contributed by atoms with Crippen molar-refractivity contribution >= 4 is 30.0 Å². The van der Waals surface area contributed by atoms with Gasteiger partial charge in [0.05, 0.1) is 42.1 Å². The van der Waals surface area contributed by atoms with Gasteiger partial charge in [0.15, 0.2) is 61.0 Å². The number of fused-ring (bicyclic) bond motifs is 2. The summed E-state index contributed by atoms with van der Waals surface area (Å²) in [5.41, 5.74) is 1.23. The van der Waals surface area contributed by atoms with Gasteiger partial charge in [0.2, 0.25) is 0 Å². The van der Waals surface area contributed by atoms with Crippen molar-refractivity contribution < 1.29 is 99.8 Å². The molecule has 5 aromatic carbocycles. The second-order valence-corrected chi connectivity index (χ2v) is 20.8. The molecule has 6 fully saturated rings. The third kappa shape index (κ3) is 12.8.